The van der Waals surface area contributed by atoms with E-state index in [4.69, 9.17) is 9.47 Å². The van der Waals surface area contributed by atoms with Gasteiger partial charge >= 0.3 is 12.1 Å². The summed E-state index contributed by atoms with van der Waals surface area (Å²) in [6, 6.07) is 19.5. The molecule has 242 valence electrons. The smallest absolute Gasteiger partial charge is 0.453 e. The minimum absolute atomic E-state index is 0.00838. The average molecular weight is 635 g/mol. The molecule has 2 unspecified atom stereocenters. The molecule has 0 spiro atoms. The van der Waals surface area contributed by atoms with E-state index < -0.39 is 42.2 Å². The molecule has 0 saturated heterocycles. The molecule has 2 atom stereocenters. The normalized spacial score (nSPS) is 18.5. The van der Waals surface area contributed by atoms with Gasteiger partial charge in [0, 0.05) is 29.4 Å². The number of aromatic hydroxyl groups is 2. The second-order valence-electron chi connectivity index (χ2n) is 11.8. The van der Waals surface area contributed by atoms with Crippen molar-refractivity contribution in [3.63, 3.8) is 0 Å². The van der Waals surface area contributed by atoms with Crippen LogP contribution in [0, 0.1) is 5.41 Å². The summed E-state index contributed by atoms with van der Waals surface area (Å²) >= 11 is 0. The van der Waals surface area contributed by atoms with Crippen LogP contribution in [0.2, 0.25) is 0 Å². The van der Waals surface area contributed by atoms with Crippen LogP contribution in [0.4, 0.5) is 22.0 Å². The summed E-state index contributed by atoms with van der Waals surface area (Å²) in [5.74, 6) is -3.67. The SMILES string of the molecule is CC1(c2ccc(O)cc2)COc2cc(O)ccc2C1c1ccc(OCCCCC(C=O)(C=O)CCCC(F)(F)C(F)(F)F)cc1. The minimum Gasteiger partial charge on any atom is -0.508 e. The van der Waals surface area contributed by atoms with Gasteiger partial charge in [0.25, 0.3) is 0 Å². The molecule has 0 aromatic heterocycles. The number of hydrogen-bond acceptors (Lipinski definition) is 6. The standard InChI is InChI=1S/C34H35F5O6/c1-31(24-7-9-25(42)10-8-24)22-45-29-19-26(43)11-14-28(29)30(31)23-5-12-27(13-6-23)44-18-3-2-15-32(20-40,21-41)16-4-17-33(35,36)34(37,38)39/h5-14,19-21,30,42-43H,2-4,15-18,22H2,1H3. The first-order valence-electron chi connectivity index (χ1n) is 14.6. The summed E-state index contributed by atoms with van der Waals surface area (Å²) in [4.78, 5) is 23.2. The predicted octanol–water partition coefficient (Wildman–Crippen LogP) is 7.88. The molecule has 1 aliphatic rings. The van der Waals surface area contributed by atoms with E-state index in [1.54, 1.807) is 24.3 Å². The first kappa shape index (κ1) is 33.7. The number of phenolic OH excluding ortho intramolecular Hbond substituents is 2. The summed E-state index contributed by atoms with van der Waals surface area (Å²) in [5, 5.41) is 19.9. The number of phenols is 2. The van der Waals surface area contributed by atoms with Gasteiger partial charge in [0.1, 0.15) is 35.6 Å². The van der Waals surface area contributed by atoms with Crippen LogP contribution in [0.25, 0.3) is 0 Å². The number of carbonyl (C=O) groups excluding carboxylic acids is 2. The van der Waals surface area contributed by atoms with Crippen molar-refractivity contribution in [3.8, 4) is 23.0 Å². The Balaban J connectivity index is 1.38. The number of fused-ring (bicyclic) bond motifs is 1. The van der Waals surface area contributed by atoms with Gasteiger partial charge in [-0.25, -0.2) is 0 Å². The molecule has 1 aliphatic heterocycles. The molecule has 2 N–H and O–H groups in total. The fourth-order valence-corrected chi connectivity index (χ4v) is 5.85. The minimum atomic E-state index is -5.68. The summed E-state index contributed by atoms with van der Waals surface area (Å²) in [6.45, 7) is 2.62. The van der Waals surface area contributed by atoms with Crippen molar-refractivity contribution in [2.24, 2.45) is 5.41 Å². The van der Waals surface area contributed by atoms with E-state index in [1.165, 1.54) is 0 Å². The number of rotatable bonds is 14. The van der Waals surface area contributed by atoms with Crippen LogP contribution in [-0.2, 0) is 15.0 Å². The number of alkyl halides is 5. The Kier molecular flexibility index (Phi) is 10.1. The van der Waals surface area contributed by atoms with Crippen molar-refractivity contribution >= 4 is 12.6 Å². The van der Waals surface area contributed by atoms with E-state index in [0.29, 0.717) is 43.5 Å². The average Bonchev–Trinajstić information content (AvgIpc) is 3.00. The highest BCUT2D eigenvalue weighted by Gasteiger charge is 2.56. The molecule has 45 heavy (non-hydrogen) atoms. The lowest BCUT2D eigenvalue weighted by atomic mass is 9.65. The first-order chi connectivity index (χ1) is 21.2. The van der Waals surface area contributed by atoms with Gasteiger partial charge in [-0.05, 0) is 73.6 Å². The first-order valence-corrected chi connectivity index (χ1v) is 14.6. The van der Waals surface area contributed by atoms with Crippen LogP contribution >= 0.6 is 0 Å². The van der Waals surface area contributed by atoms with Gasteiger partial charge in [-0.15, -0.1) is 0 Å². The van der Waals surface area contributed by atoms with Gasteiger partial charge in [0.05, 0.1) is 18.6 Å². The van der Waals surface area contributed by atoms with Crippen LogP contribution in [0.3, 0.4) is 0 Å². The van der Waals surface area contributed by atoms with Crippen molar-refractivity contribution in [2.75, 3.05) is 13.2 Å². The third-order valence-electron chi connectivity index (χ3n) is 8.54. The van der Waals surface area contributed by atoms with Crippen molar-refractivity contribution in [3.05, 3.63) is 83.4 Å². The number of ether oxygens (including phenoxy) is 2. The molecule has 3 aromatic carbocycles. The second kappa shape index (κ2) is 13.5. The van der Waals surface area contributed by atoms with Gasteiger partial charge in [-0.3, -0.25) is 0 Å². The Hall–Kier alpha value is -4.15. The van der Waals surface area contributed by atoms with E-state index in [0.717, 1.165) is 16.7 Å². The lowest BCUT2D eigenvalue weighted by Crippen LogP contribution is -2.40. The molecular weight excluding hydrogens is 599 g/mol. The lowest BCUT2D eigenvalue weighted by molar-refractivity contribution is -0.284. The van der Waals surface area contributed by atoms with E-state index in [2.05, 4.69) is 6.92 Å². The summed E-state index contributed by atoms with van der Waals surface area (Å²) in [5.41, 5.74) is 0.668. The zero-order chi connectivity index (χ0) is 32.9. The Morgan fingerprint density at radius 1 is 0.844 bits per heavy atom. The van der Waals surface area contributed by atoms with Crippen LogP contribution in [0.15, 0.2) is 66.7 Å². The predicted molar refractivity (Wildman–Crippen MR) is 156 cm³/mol. The van der Waals surface area contributed by atoms with Crippen LogP contribution in [0.1, 0.15) is 68.1 Å². The van der Waals surface area contributed by atoms with Crippen molar-refractivity contribution in [1.82, 2.24) is 0 Å². The van der Waals surface area contributed by atoms with Gasteiger partial charge < -0.3 is 29.3 Å². The van der Waals surface area contributed by atoms with Gasteiger partial charge in [0.15, 0.2) is 0 Å². The zero-order valence-electron chi connectivity index (χ0n) is 24.7. The molecule has 0 radical (unpaired) electrons. The fourth-order valence-electron chi connectivity index (χ4n) is 5.85. The number of aldehydes is 2. The van der Waals surface area contributed by atoms with Crippen molar-refractivity contribution in [1.29, 1.82) is 0 Å². The fraction of sp³-hybridized carbons (Fsp3) is 0.412. The van der Waals surface area contributed by atoms with Crippen LogP contribution < -0.4 is 9.47 Å². The maximum absolute atomic E-state index is 13.2. The maximum Gasteiger partial charge on any atom is 0.453 e. The highest BCUT2D eigenvalue weighted by atomic mass is 19.4. The Labute approximate surface area is 257 Å². The molecular formula is C34H35F5O6. The second-order valence-corrected chi connectivity index (χ2v) is 11.8. The van der Waals surface area contributed by atoms with Crippen molar-refractivity contribution in [2.45, 2.75) is 68.9 Å². The van der Waals surface area contributed by atoms with E-state index in [9.17, 15) is 41.8 Å². The van der Waals surface area contributed by atoms with E-state index in [-0.39, 0.29) is 30.4 Å². The Bertz CT molecular complexity index is 1450. The van der Waals surface area contributed by atoms with Crippen LogP contribution in [0.5, 0.6) is 23.0 Å². The van der Waals surface area contributed by atoms with Gasteiger partial charge in [-0.2, -0.15) is 22.0 Å². The number of benzene rings is 3. The lowest BCUT2D eigenvalue weighted by Gasteiger charge is -2.43. The third-order valence-corrected chi connectivity index (χ3v) is 8.54. The Morgan fingerprint density at radius 2 is 1.47 bits per heavy atom. The maximum atomic E-state index is 13.2. The molecule has 0 amide bonds. The molecule has 4 rings (SSSR count). The molecule has 0 aliphatic carbocycles. The number of unbranched alkanes of at least 4 members (excludes halogenated alkanes) is 1. The van der Waals surface area contributed by atoms with E-state index >= 15 is 0 Å². The number of carbonyl (C=O) groups is 2. The Morgan fingerprint density at radius 3 is 2.09 bits per heavy atom. The highest BCUT2D eigenvalue weighted by Crippen LogP contribution is 2.51. The molecule has 1 heterocycles. The van der Waals surface area contributed by atoms with Crippen molar-refractivity contribution < 1.29 is 51.2 Å². The number of halogens is 5. The molecule has 3 aromatic rings. The third kappa shape index (κ3) is 7.57. The van der Waals surface area contributed by atoms with Crippen LogP contribution in [-0.4, -0.2) is 48.1 Å². The quantitative estimate of drug-likeness (QED) is 0.0811. The molecule has 0 bridgehead atoms. The zero-order valence-corrected chi connectivity index (χ0v) is 24.7. The largest absolute Gasteiger partial charge is 0.508 e. The summed E-state index contributed by atoms with van der Waals surface area (Å²) in [6.07, 6.45) is -6.80. The molecule has 6 nitrogen and oxygen atoms in total. The van der Waals surface area contributed by atoms with Gasteiger partial charge in [0.2, 0.25) is 0 Å². The monoisotopic (exact) mass is 634 g/mol. The van der Waals surface area contributed by atoms with Gasteiger partial charge in [-0.1, -0.05) is 37.3 Å². The molecule has 0 saturated carbocycles. The highest BCUT2D eigenvalue weighted by molar-refractivity contribution is 5.83. The number of hydrogen-bond donors (Lipinski definition) is 2. The summed E-state index contributed by atoms with van der Waals surface area (Å²) < 4.78 is 75.7. The molecule has 0 fully saturated rings. The molecule has 11 heteroatoms. The van der Waals surface area contributed by atoms with E-state index in [1.807, 2.05) is 42.5 Å². The summed E-state index contributed by atoms with van der Waals surface area (Å²) in [7, 11) is 0. The topological polar surface area (TPSA) is 93.1 Å².